The maximum atomic E-state index is 10.7. The van der Waals surface area contributed by atoms with Crippen molar-refractivity contribution in [3.8, 4) is 0 Å². The molecule has 0 saturated carbocycles. The highest BCUT2D eigenvalue weighted by Crippen LogP contribution is 2.19. The van der Waals surface area contributed by atoms with Crippen LogP contribution in [0.3, 0.4) is 0 Å². The lowest BCUT2D eigenvalue weighted by atomic mass is 10.1. The molecule has 0 aliphatic heterocycles. The van der Waals surface area contributed by atoms with Crippen molar-refractivity contribution in [3.63, 3.8) is 0 Å². The number of rotatable bonds is 3. The van der Waals surface area contributed by atoms with Crippen molar-refractivity contribution in [2.75, 3.05) is 0 Å². The highest BCUT2D eigenvalue weighted by molar-refractivity contribution is 5.83. The van der Waals surface area contributed by atoms with E-state index in [1.165, 1.54) is 18.2 Å². The predicted molar refractivity (Wildman–Crippen MR) is 57.8 cm³/mol. The minimum Gasteiger partial charge on any atom is -0.298 e. The zero-order valence-electron chi connectivity index (χ0n) is 8.56. The third kappa shape index (κ3) is 2.74. The van der Waals surface area contributed by atoms with Crippen molar-refractivity contribution >= 4 is 18.0 Å². The molecule has 4 heteroatoms. The van der Waals surface area contributed by atoms with Gasteiger partial charge >= 0.3 is 0 Å². The normalized spacial score (nSPS) is 9.47. The molecule has 0 unspecified atom stereocenters. The van der Waals surface area contributed by atoms with Crippen molar-refractivity contribution in [3.05, 3.63) is 45.0 Å². The molecule has 1 aromatic rings. The van der Waals surface area contributed by atoms with Crippen LogP contribution in [-0.4, -0.2) is 11.2 Å². The summed E-state index contributed by atoms with van der Waals surface area (Å²) in [7, 11) is 0. The van der Waals surface area contributed by atoms with Gasteiger partial charge in [0.2, 0.25) is 0 Å². The third-order valence-corrected chi connectivity index (χ3v) is 1.85. The summed E-state index contributed by atoms with van der Waals surface area (Å²) < 4.78 is 0. The number of allylic oxidation sites excluding steroid dienone is 1. The van der Waals surface area contributed by atoms with E-state index in [1.807, 2.05) is 13.8 Å². The van der Waals surface area contributed by atoms with E-state index < -0.39 is 4.92 Å². The minimum atomic E-state index is -0.475. The number of carbonyl (C=O) groups excluding carboxylic acids is 1. The Balaban J connectivity index is 3.31. The van der Waals surface area contributed by atoms with Crippen LogP contribution in [0.25, 0.3) is 6.08 Å². The molecule has 0 spiro atoms. The van der Waals surface area contributed by atoms with Crippen molar-refractivity contribution in [1.82, 2.24) is 0 Å². The van der Waals surface area contributed by atoms with Gasteiger partial charge in [-0.2, -0.15) is 0 Å². The Morgan fingerprint density at radius 3 is 2.47 bits per heavy atom. The number of nitrogens with zero attached hydrogens (tertiary/aromatic N) is 1. The van der Waals surface area contributed by atoms with Crippen molar-refractivity contribution in [2.24, 2.45) is 0 Å². The number of aldehydes is 1. The van der Waals surface area contributed by atoms with Crippen LogP contribution in [0, 0.1) is 10.1 Å². The second-order valence-electron chi connectivity index (χ2n) is 3.41. The fourth-order valence-electron chi connectivity index (χ4n) is 1.22. The van der Waals surface area contributed by atoms with Gasteiger partial charge < -0.3 is 0 Å². The molecule has 0 fully saturated rings. The number of nitro benzene ring substituents is 1. The van der Waals surface area contributed by atoms with Gasteiger partial charge in [-0.1, -0.05) is 11.6 Å². The fraction of sp³-hybridized carbons (Fsp3) is 0.182. The molecule has 1 aromatic carbocycles. The van der Waals surface area contributed by atoms with Gasteiger partial charge in [0.1, 0.15) is 0 Å². The molecule has 0 atom stereocenters. The number of nitro groups is 1. The quantitative estimate of drug-likeness (QED) is 0.433. The van der Waals surface area contributed by atoms with Crippen molar-refractivity contribution < 1.29 is 9.72 Å². The van der Waals surface area contributed by atoms with Crippen molar-refractivity contribution in [2.45, 2.75) is 13.8 Å². The van der Waals surface area contributed by atoms with E-state index in [4.69, 9.17) is 0 Å². The average Bonchev–Trinajstić information content (AvgIpc) is 2.16. The molecular weight excluding hydrogens is 194 g/mol. The van der Waals surface area contributed by atoms with Gasteiger partial charge in [0.15, 0.2) is 6.29 Å². The van der Waals surface area contributed by atoms with Crippen LogP contribution < -0.4 is 0 Å². The lowest BCUT2D eigenvalue weighted by Crippen LogP contribution is -1.92. The van der Waals surface area contributed by atoms with E-state index in [-0.39, 0.29) is 5.69 Å². The highest BCUT2D eigenvalue weighted by atomic mass is 16.6. The molecule has 0 bridgehead atoms. The lowest BCUT2D eigenvalue weighted by molar-refractivity contribution is -0.384. The Labute approximate surface area is 87.4 Å². The molecule has 0 aromatic heterocycles. The maximum Gasteiger partial charge on any atom is 0.270 e. The first kappa shape index (κ1) is 11.1. The first-order valence-corrected chi connectivity index (χ1v) is 4.43. The summed E-state index contributed by atoms with van der Waals surface area (Å²) >= 11 is 0. The van der Waals surface area contributed by atoms with Crippen LogP contribution in [0.2, 0.25) is 0 Å². The third-order valence-electron chi connectivity index (χ3n) is 1.85. The van der Waals surface area contributed by atoms with Crippen LogP contribution >= 0.6 is 0 Å². The van der Waals surface area contributed by atoms with Gasteiger partial charge in [0.25, 0.3) is 5.69 Å². The van der Waals surface area contributed by atoms with E-state index in [9.17, 15) is 14.9 Å². The average molecular weight is 205 g/mol. The predicted octanol–water partition coefficient (Wildman–Crippen LogP) is 2.83. The Morgan fingerprint density at radius 2 is 2.00 bits per heavy atom. The number of carbonyl (C=O) groups is 1. The summed E-state index contributed by atoms with van der Waals surface area (Å²) in [4.78, 5) is 20.8. The molecule has 0 aliphatic carbocycles. The Kier molecular flexibility index (Phi) is 3.33. The number of hydrogen-bond donors (Lipinski definition) is 0. The standard InChI is InChI=1S/C11H11NO3/c1-8(2)5-10-6-11(12(14)15)4-3-9(10)7-13/h3-7H,1-2H3. The van der Waals surface area contributed by atoms with Crippen molar-refractivity contribution in [1.29, 1.82) is 0 Å². The summed E-state index contributed by atoms with van der Waals surface area (Å²) in [6.45, 7) is 3.74. The van der Waals surface area contributed by atoms with E-state index in [0.29, 0.717) is 17.4 Å². The molecule has 0 aliphatic rings. The summed E-state index contributed by atoms with van der Waals surface area (Å²) in [6.07, 6.45) is 2.44. The lowest BCUT2D eigenvalue weighted by Gasteiger charge is -2.00. The zero-order valence-corrected chi connectivity index (χ0v) is 8.56. The van der Waals surface area contributed by atoms with Crippen LogP contribution in [0.4, 0.5) is 5.69 Å². The molecule has 15 heavy (non-hydrogen) atoms. The van der Waals surface area contributed by atoms with Gasteiger partial charge in [-0.15, -0.1) is 0 Å². The Morgan fingerprint density at radius 1 is 1.33 bits per heavy atom. The van der Waals surface area contributed by atoms with E-state index in [1.54, 1.807) is 6.08 Å². The highest BCUT2D eigenvalue weighted by Gasteiger charge is 2.08. The maximum absolute atomic E-state index is 10.7. The van der Waals surface area contributed by atoms with Gasteiger partial charge in [0, 0.05) is 17.7 Å². The van der Waals surface area contributed by atoms with Gasteiger partial charge in [-0.3, -0.25) is 14.9 Å². The molecule has 0 heterocycles. The summed E-state index contributed by atoms with van der Waals surface area (Å²) in [5.41, 5.74) is 2.02. The molecule has 0 radical (unpaired) electrons. The van der Waals surface area contributed by atoms with E-state index >= 15 is 0 Å². The molecule has 0 amide bonds. The summed E-state index contributed by atoms with van der Waals surface area (Å²) in [5.74, 6) is 0. The largest absolute Gasteiger partial charge is 0.298 e. The first-order chi connectivity index (χ1) is 7.04. The minimum absolute atomic E-state index is 0.00639. The Bertz CT molecular complexity index is 431. The fourth-order valence-corrected chi connectivity index (χ4v) is 1.22. The van der Waals surface area contributed by atoms with Gasteiger partial charge in [-0.05, 0) is 25.5 Å². The number of hydrogen-bond acceptors (Lipinski definition) is 3. The smallest absolute Gasteiger partial charge is 0.270 e. The molecule has 78 valence electrons. The number of benzene rings is 1. The summed E-state index contributed by atoms with van der Waals surface area (Å²) in [5, 5.41) is 10.5. The zero-order chi connectivity index (χ0) is 11.4. The molecule has 0 saturated heterocycles. The summed E-state index contributed by atoms with van der Waals surface area (Å²) in [6, 6.07) is 4.18. The first-order valence-electron chi connectivity index (χ1n) is 4.43. The van der Waals surface area contributed by atoms with Crippen LogP contribution in [-0.2, 0) is 0 Å². The van der Waals surface area contributed by atoms with Crippen LogP contribution in [0.5, 0.6) is 0 Å². The van der Waals surface area contributed by atoms with E-state index in [2.05, 4.69) is 0 Å². The molecule has 1 rings (SSSR count). The second kappa shape index (κ2) is 4.50. The van der Waals surface area contributed by atoms with Gasteiger partial charge in [-0.25, -0.2) is 0 Å². The molecule has 4 nitrogen and oxygen atoms in total. The number of non-ortho nitro benzene ring substituents is 1. The van der Waals surface area contributed by atoms with Crippen LogP contribution in [0.15, 0.2) is 23.8 Å². The monoisotopic (exact) mass is 205 g/mol. The molecular formula is C11H11NO3. The SMILES string of the molecule is CC(C)=Cc1cc([N+](=O)[O-])ccc1C=O. The van der Waals surface area contributed by atoms with Crippen LogP contribution in [0.1, 0.15) is 29.8 Å². The second-order valence-corrected chi connectivity index (χ2v) is 3.41. The molecule has 0 N–H and O–H groups in total. The van der Waals surface area contributed by atoms with Gasteiger partial charge in [0.05, 0.1) is 4.92 Å². The van der Waals surface area contributed by atoms with E-state index in [0.717, 1.165) is 5.57 Å². The Hall–Kier alpha value is -1.97. The topological polar surface area (TPSA) is 60.2 Å².